The largest absolute Gasteiger partial charge is 0.480 e. The zero-order valence-corrected chi connectivity index (χ0v) is 8.85. The summed E-state index contributed by atoms with van der Waals surface area (Å²) in [6.45, 7) is -0.367. The first-order valence-electron chi connectivity index (χ1n) is 4.35. The SMILES string of the molecule is O=C(O)Cn1c(-c2cnccn2)csc1=O. The Kier molecular flexibility index (Phi) is 2.78. The van der Waals surface area contributed by atoms with Gasteiger partial charge in [0.2, 0.25) is 0 Å². The standard InChI is InChI=1S/C9H7N3O3S/c13-8(14)4-12-7(5-16-9(12)15)6-3-10-1-2-11-6/h1-3,5H,4H2,(H,13,14). The highest BCUT2D eigenvalue weighted by molar-refractivity contribution is 7.07. The van der Waals surface area contributed by atoms with Crippen LogP contribution in [0.5, 0.6) is 0 Å². The molecule has 0 aliphatic carbocycles. The molecule has 0 atom stereocenters. The molecule has 16 heavy (non-hydrogen) atoms. The van der Waals surface area contributed by atoms with E-state index in [0.717, 1.165) is 15.9 Å². The van der Waals surface area contributed by atoms with Gasteiger partial charge in [-0.25, -0.2) is 0 Å². The normalized spacial score (nSPS) is 10.2. The third-order valence-corrected chi connectivity index (χ3v) is 2.66. The molecule has 0 fully saturated rings. The Bertz CT molecular complexity index is 561. The van der Waals surface area contributed by atoms with E-state index in [0.29, 0.717) is 11.4 Å². The van der Waals surface area contributed by atoms with Gasteiger partial charge in [0.1, 0.15) is 12.2 Å². The van der Waals surface area contributed by atoms with E-state index in [9.17, 15) is 9.59 Å². The van der Waals surface area contributed by atoms with Crippen molar-refractivity contribution in [2.75, 3.05) is 0 Å². The topological polar surface area (TPSA) is 85.1 Å². The number of hydrogen-bond donors (Lipinski definition) is 1. The first kappa shape index (κ1) is 10.5. The van der Waals surface area contributed by atoms with Gasteiger partial charge in [0, 0.05) is 17.8 Å². The Hall–Kier alpha value is -2.02. The smallest absolute Gasteiger partial charge is 0.323 e. The molecule has 2 heterocycles. The highest BCUT2D eigenvalue weighted by Gasteiger charge is 2.12. The summed E-state index contributed by atoms with van der Waals surface area (Å²) in [5.74, 6) is -1.06. The van der Waals surface area contributed by atoms with Gasteiger partial charge in [0.05, 0.1) is 11.9 Å². The number of thiazole rings is 1. The number of carbonyl (C=O) groups is 1. The lowest BCUT2D eigenvalue weighted by atomic mass is 10.3. The summed E-state index contributed by atoms with van der Waals surface area (Å²) in [4.78, 5) is 29.6. The first-order valence-corrected chi connectivity index (χ1v) is 5.23. The molecular formula is C9H7N3O3S. The van der Waals surface area contributed by atoms with Crippen molar-refractivity contribution in [1.29, 1.82) is 0 Å². The molecule has 0 aliphatic heterocycles. The van der Waals surface area contributed by atoms with E-state index in [1.807, 2.05) is 0 Å². The molecule has 1 N–H and O–H groups in total. The first-order chi connectivity index (χ1) is 7.68. The number of carboxylic acid groups (broad SMARTS) is 1. The van der Waals surface area contributed by atoms with E-state index in [-0.39, 0.29) is 11.4 Å². The Morgan fingerprint density at radius 2 is 2.31 bits per heavy atom. The molecule has 0 spiro atoms. The van der Waals surface area contributed by atoms with Gasteiger partial charge >= 0.3 is 10.8 Å². The van der Waals surface area contributed by atoms with E-state index < -0.39 is 5.97 Å². The Morgan fingerprint density at radius 1 is 1.50 bits per heavy atom. The van der Waals surface area contributed by atoms with Crippen molar-refractivity contribution in [3.8, 4) is 11.4 Å². The summed E-state index contributed by atoms with van der Waals surface area (Å²) in [6, 6.07) is 0. The van der Waals surface area contributed by atoms with Crippen molar-refractivity contribution >= 4 is 17.3 Å². The van der Waals surface area contributed by atoms with Crippen molar-refractivity contribution in [2.24, 2.45) is 0 Å². The second-order valence-electron chi connectivity index (χ2n) is 2.96. The van der Waals surface area contributed by atoms with Crippen LogP contribution in [-0.2, 0) is 11.3 Å². The summed E-state index contributed by atoms with van der Waals surface area (Å²) in [6.07, 6.45) is 4.48. The highest BCUT2D eigenvalue weighted by atomic mass is 32.1. The zero-order valence-electron chi connectivity index (χ0n) is 8.03. The quantitative estimate of drug-likeness (QED) is 0.837. The van der Waals surface area contributed by atoms with Gasteiger partial charge in [-0.2, -0.15) is 0 Å². The minimum Gasteiger partial charge on any atom is -0.480 e. The fourth-order valence-electron chi connectivity index (χ4n) is 1.25. The Balaban J connectivity index is 2.50. The number of aliphatic carboxylic acids is 1. The van der Waals surface area contributed by atoms with Gasteiger partial charge < -0.3 is 5.11 Å². The lowest BCUT2D eigenvalue weighted by molar-refractivity contribution is -0.137. The molecule has 6 nitrogen and oxygen atoms in total. The predicted octanol–water partition coefficient (Wildman–Crippen LogP) is 0.451. The molecule has 2 aromatic heterocycles. The van der Waals surface area contributed by atoms with Crippen LogP contribution in [0.1, 0.15) is 0 Å². The van der Waals surface area contributed by atoms with E-state index in [4.69, 9.17) is 5.11 Å². The van der Waals surface area contributed by atoms with E-state index >= 15 is 0 Å². The maximum atomic E-state index is 11.4. The fourth-order valence-corrected chi connectivity index (χ4v) is 2.00. The van der Waals surface area contributed by atoms with Crippen LogP contribution in [0.2, 0.25) is 0 Å². The maximum absolute atomic E-state index is 11.4. The monoisotopic (exact) mass is 237 g/mol. The van der Waals surface area contributed by atoms with Crippen LogP contribution in [0.3, 0.4) is 0 Å². The van der Waals surface area contributed by atoms with Crippen molar-refractivity contribution < 1.29 is 9.90 Å². The van der Waals surface area contributed by atoms with Crippen LogP contribution in [-0.4, -0.2) is 25.6 Å². The molecule has 82 valence electrons. The lowest BCUT2D eigenvalue weighted by Crippen LogP contribution is -2.19. The van der Waals surface area contributed by atoms with Gasteiger partial charge in [0.25, 0.3) is 0 Å². The van der Waals surface area contributed by atoms with Gasteiger partial charge in [-0.1, -0.05) is 11.3 Å². The lowest BCUT2D eigenvalue weighted by Gasteiger charge is -2.02. The van der Waals surface area contributed by atoms with Crippen molar-refractivity contribution in [2.45, 2.75) is 6.54 Å². The van der Waals surface area contributed by atoms with Crippen molar-refractivity contribution in [1.82, 2.24) is 14.5 Å². The molecule has 0 unspecified atom stereocenters. The fraction of sp³-hybridized carbons (Fsp3) is 0.111. The third-order valence-electron chi connectivity index (χ3n) is 1.90. The Labute approximate surface area is 93.8 Å². The molecule has 0 aliphatic rings. The summed E-state index contributed by atoms with van der Waals surface area (Å²) in [5, 5.41) is 10.3. The molecule has 0 bridgehead atoms. The molecule has 0 amide bonds. The van der Waals surface area contributed by atoms with Crippen molar-refractivity contribution in [3.05, 3.63) is 33.6 Å². The molecular weight excluding hydrogens is 230 g/mol. The molecule has 0 radical (unpaired) electrons. The number of aromatic nitrogens is 3. The van der Waals surface area contributed by atoms with Gasteiger partial charge in [0.15, 0.2) is 0 Å². The summed E-state index contributed by atoms with van der Waals surface area (Å²) in [5.41, 5.74) is 0.965. The van der Waals surface area contributed by atoms with Crippen LogP contribution >= 0.6 is 11.3 Å². The summed E-state index contributed by atoms with van der Waals surface area (Å²) < 4.78 is 1.16. The van der Waals surface area contributed by atoms with Crippen LogP contribution in [0.15, 0.2) is 28.8 Å². The average molecular weight is 237 g/mol. The second kappa shape index (κ2) is 4.23. The molecule has 2 rings (SSSR count). The molecule has 0 aromatic carbocycles. The van der Waals surface area contributed by atoms with E-state index in [1.165, 1.54) is 18.6 Å². The minimum absolute atomic E-state index is 0.317. The minimum atomic E-state index is -1.06. The van der Waals surface area contributed by atoms with Crippen LogP contribution in [0, 0.1) is 0 Å². The van der Waals surface area contributed by atoms with Gasteiger partial charge in [-0.05, 0) is 0 Å². The molecule has 7 heteroatoms. The average Bonchev–Trinajstić information content (AvgIpc) is 2.61. The zero-order chi connectivity index (χ0) is 11.5. The summed E-state index contributed by atoms with van der Waals surface area (Å²) >= 11 is 0.944. The third kappa shape index (κ3) is 1.98. The second-order valence-corrected chi connectivity index (χ2v) is 3.78. The van der Waals surface area contributed by atoms with Gasteiger partial charge in [-0.3, -0.25) is 24.1 Å². The number of nitrogens with zero attached hydrogens (tertiary/aromatic N) is 3. The van der Waals surface area contributed by atoms with E-state index in [1.54, 1.807) is 5.38 Å². The van der Waals surface area contributed by atoms with Crippen LogP contribution in [0.25, 0.3) is 11.4 Å². The molecule has 2 aromatic rings. The molecule has 0 saturated carbocycles. The predicted molar refractivity (Wildman–Crippen MR) is 57.2 cm³/mol. The summed E-state index contributed by atoms with van der Waals surface area (Å²) in [7, 11) is 0. The van der Waals surface area contributed by atoms with Crippen molar-refractivity contribution in [3.63, 3.8) is 0 Å². The number of hydrogen-bond acceptors (Lipinski definition) is 5. The number of rotatable bonds is 3. The molecule has 0 saturated heterocycles. The maximum Gasteiger partial charge on any atom is 0.323 e. The Morgan fingerprint density at radius 3 is 2.94 bits per heavy atom. The highest BCUT2D eigenvalue weighted by Crippen LogP contribution is 2.15. The van der Waals surface area contributed by atoms with Crippen LogP contribution < -0.4 is 4.87 Å². The van der Waals surface area contributed by atoms with Gasteiger partial charge in [-0.15, -0.1) is 0 Å². The van der Waals surface area contributed by atoms with E-state index in [2.05, 4.69) is 9.97 Å². The number of carboxylic acids is 1. The van der Waals surface area contributed by atoms with Crippen LogP contribution in [0.4, 0.5) is 0 Å².